The highest BCUT2D eigenvalue weighted by molar-refractivity contribution is 5.65. The minimum Gasteiger partial charge on any atom is -0.508 e. The molecule has 134 valence electrons. The molecule has 1 fully saturated rings. The highest BCUT2D eigenvalue weighted by atomic mass is 16.7. The number of carbonyl (C=O) groups excluding carboxylic acids is 1. The van der Waals surface area contributed by atoms with Crippen LogP contribution in [0.5, 0.6) is 5.75 Å². The van der Waals surface area contributed by atoms with Crippen molar-refractivity contribution in [2.24, 2.45) is 0 Å². The first-order chi connectivity index (χ1) is 11.4. The molecular weight excluding hydrogens is 320 g/mol. The van der Waals surface area contributed by atoms with Crippen LogP contribution in [0.4, 0.5) is 0 Å². The molecule has 2 rings (SSSR count). The van der Waals surface area contributed by atoms with Gasteiger partial charge in [0.1, 0.15) is 36.8 Å². The number of benzene rings is 1. The molecule has 0 aromatic heterocycles. The molecule has 8 nitrogen and oxygen atoms in total. The van der Waals surface area contributed by atoms with Crippen molar-refractivity contribution in [1.82, 2.24) is 0 Å². The smallest absolute Gasteiger partial charge is 0.302 e. The summed E-state index contributed by atoms with van der Waals surface area (Å²) in [6.45, 7) is 1.15. The Morgan fingerprint density at radius 2 is 1.79 bits per heavy atom. The largest absolute Gasteiger partial charge is 0.508 e. The van der Waals surface area contributed by atoms with Crippen LogP contribution in [0.25, 0.3) is 0 Å². The molecule has 0 spiro atoms. The average Bonchev–Trinajstić information content (AvgIpc) is 2.55. The lowest BCUT2D eigenvalue weighted by Gasteiger charge is -2.39. The topological polar surface area (TPSA) is 126 Å². The van der Waals surface area contributed by atoms with Crippen LogP contribution < -0.4 is 0 Å². The molecule has 24 heavy (non-hydrogen) atoms. The SMILES string of the molecule is CC(=O)OC[C@H]1O[C@@H](OCCc2ccc(O)cc2)[C@H](O)[C@@H](O)[C@@H]1O. The molecule has 1 aromatic carbocycles. The van der Waals surface area contributed by atoms with Gasteiger partial charge in [-0.05, 0) is 24.1 Å². The maximum atomic E-state index is 10.9. The van der Waals surface area contributed by atoms with Crippen LogP contribution >= 0.6 is 0 Å². The van der Waals surface area contributed by atoms with Crippen LogP contribution in [0, 0.1) is 0 Å². The maximum Gasteiger partial charge on any atom is 0.302 e. The van der Waals surface area contributed by atoms with Gasteiger partial charge in [0.25, 0.3) is 0 Å². The molecule has 0 amide bonds. The predicted octanol–water partition coefficient (Wildman–Crippen LogP) is -0.678. The first-order valence-corrected chi connectivity index (χ1v) is 7.61. The number of phenols is 1. The van der Waals surface area contributed by atoms with Gasteiger partial charge < -0.3 is 34.6 Å². The van der Waals surface area contributed by atoms with Crippen molar-refractivity contribution in [1.29, 1.82) is 0 Å². The second-order valence-corrected chi connectivity index (χ2v) is 5.60. The lowest BCUT2D eigenvalue weighted by molar-refractivity contribution is -0.301. The molecule has 1 aliphatic heterocycles. The van der Waals surface area contributed by atoms with Crippen molar-refractivity contribution in [2.45, 2.75) is 44.1 Å². The van der Waals surface area contributed by atoms with Gasteiger partial charge in [0.2, 0.25) is 0 Å². The zero-order valence-electron chi connectivity index (χ0n) is 13.2. The van der Waals surface area contributed by atoms with Gasteiger partial charge in [-0.3, -0.25) is 4.79 Å². The van der Waals surface area contributed by atoms with Crippen molar-refractivity contribution in [3.05, 3.63) is 29.8 Å². The Labute approximate surface area is 139 Å². The summed E-state index contributed by atoms with van der Waals surface area (Å²) >= 11 is 0. The van der Waals surface area contributed by atoms with Crippen LogP contribution in [-0.4, -0.2) is 70.3 Å². The van der Waals surface area contributed by atoms with Crippen molar-refractivity contribution < 1.29 is 39.4 Å². The van der Waals surface area contributed by atoms with Crippen LogP contribution in [0.15, 0.2) is 24.3 Å². The Morgan fingerprint density at radius 3 is 2.42 bits per heavy atom. The number of hydrogen-bond acceptors (Lipinski definition) is 8. The number of rotatable bonds is 6. The van der Waals surface area contributed by atoms with Gasteiger partial charge >= 0.3 is 5.97 Å². The van der Waals surface area contributed by atoms with Gasteiger partial charge in [-0.2, -0.15) is 0 Å². The Morgan fingerprint density at radius 1 is 1.12 bits per heavy atom. The molecule has 1 heterocycles. The number of hydrogen-bond donors (Lipinski definition) is 4. The van der Waals surface area contributed by atoms with E-state index in [1.807, 2.05) is 0 Å². The van der Waals surface area contributed by atoms with E-state index in [0.717, 1.165) is 5.56 Å². The molecule has 8 heteroatoms. The first-order valence-electron chi connectivity index (χ1n) is 7.61. The molecule has 1 saturated heterocycles. The second-order valence-electron chi connectivity index (χ2n) is 5.60. The van der Waals surface area contributed by atoms with E-state index in [4.69, 9.17) is 14.2 Å². The Kier molecular flexibility index (Phi) is 6.52. The van der Waals surface area contributed by atoms with Gasteiger partial charge in [0.15, 0.2) is 6.29 Å². The third kappa shape index (κ3) is 4.89. The van der Waals surface area contributed by atoms with Gasteiger partial charge in [-0.1, -0.05) is 12.1 Å². The van der Waals surface area contributed by atoms with Gasteiger partial charge in [0.05, 0.1) is 6.61 Å². The van der Waals surface area contributed by atoms with E-state index in [1.54, 1.807) is 24.3 Å². The fraction of sp³-hybridized carbons (Fsp3) is 0.562. The number of aliphatic hydroxyl groups is 3. The third-order valence-electron chi connectivity index (χ3n) is 3.73. The fourth-order valence-corrected chi connectivity index (χ4v) is 2.35. The summed E-state index contributed by atoms with van der Waals surface area (Å²) in [6.07, 6.45) is -5.94. The summed E-state index contributed by atoms with van der Waals surface area (Å²) in [7, 11) is 0. The average molecular weight is 342 g/mol. The summed E-state index contributed by atoms with van der Waals surface area (Å²) in [6, 6.07) is 6.57. The molecule has 4 N–H and O–H groups in total. The standard InChI is InChI=1S/C16H22O8/c1-9(17)23-8-12-13(19)14(20)15(21)16(24-12)22-7-6-10-2-4-11(18)5-3-10/h2-5,12-16,18-21H,6-8H2,1H3/t12-,13-,14+,15-,16-/m1/s1. The Hall–Kier alpha value is -1.71. The summed E-state index contributed by atoms with van der Waals surface area (Å²) in [4.78, 5) is 10.9. The normalized spacial score (nSPS) is 30.1. The Balaban J connectivity index is 1.87. The summed E-state index contributed by atoms with van der Waals surface area (Å²) in [5.74, 6) is -0.382. The van der Waals surface area contributed by atoms with E-state index in [0.29, 0.717) is 6.42 Å². The quantitative estimate of drug-likeness (QED) is 0.501. The number of aromatic hydroxyl groups is 1. The van der Waals surface area contributed by atoms with Crippen molar-refractivity contribution in [2.75, 3.05) is 13.2 Å². The van der Waals surface area contributed by atoms with Gasteiger partial charge in [-0.25, -0.2) is 0 Å². The molecule has 1 aromatic rings. The summed E-state index contributed by atoms with van der Waals surface area (Å²) < 4.78 is 15.6. The van der Waals surface area contributed by atoms with E-state index in [9.17, 15) is 25.2 Å². The van der Waals surface area contributed by atoms with Gasteiger partial charge in [-0.15, -0.1) is 0 Å². The number of ether oxygens (including phenoxy) is 3. The Bertz CT molecular complexity index is 531. The third-order valence-corrected chi connectivity index (χ3v) is 3.73. The molecule has 0 radical (unpaired) electrons. The van der Waals surface area contributed by atoms with Crippen LogP contribution in [0.2, 0.25) is 0 Å². The maximum absolute atomic E-state index is 10.9. The lowest BCUT2D eigenvalue weighted by atomic mass is 9.99. The second kappa shape index (κ2) is 8.41. The van der Waals surface area contributed by atoms with E-state index >= 15 is 0 Å². The highest BCUT2D eigenvalue weighted by Crippen LogP contribution is 2.22. The molecule has 0 aliphatic carbocycles. The minimum absolute atomic E-state index is 0.163. The van der Waals surface area contributed by atoms with E-state index in [2.05, 4.69) is 0 Å². The van der Waals surface area contributed by atoms with Crippen LogP contribution in [0.1, 0.15) is 12.5 Å². The molecular formula is C16H22O8. The van der Waals surface area contributed by atoms with E-state index < -0.39 is 36.7 Å². The molecule has 5 atom stereocenters. The van der Waals surface area contributed by atoms with Crippen molar-refractivity contribution in [3.8, 4) is 5.75 Å². The van der Waals surface area contributed by atoms with Crippen LogP contribution in [0.3, 0.4) is 0 Å². The number of phenolic OH excluding ortho intramolecular Hbond substituents is 1. The number of esters is 1. The zero-order chi connectivity index (χ0) is 17.7. The predicted molar refractivity (Wildman–Crippen MR) is 81.1 cm³/mol. The molecule has 0 bridgehead atoms. The molecule has 1 aliphatic rings. The molecule has 0 unspecified atom stereocenters. The van der Waals surface area contributed by atoms with Crippen molar-refractivity contribution >= 4 is 5.97 Å². The van der Waals surface area contributed by atoms with Crippen LogP contribution in [-0.2, 0) is 25.4 Å². The number of aliphatic hydroxyl groups excluding tert-OH is 3. The first kappa shape index (κ1) is 18.6. The summed E-state index contributed by atoms with van der Waals surface area (Å²) in [5, 5.41) is 38.9. The van der Waals surface area contributed by atoms with Gasteiger partial charge in [0, 0.05) is 6.92 Å². The summed E-state index contributed by atoms with van der Waals surface area (Å²) in [5.41, 5.74) is 0.912. The zero-order valence-corrected chi connectivity index (χ0v) is 13.2. The van der Waals surface area contributed by atoms with E-state index in [-0.39, 0.29) is 19.0 Å². The fourth-order valence-electron chi connectivity index (χ4n) is 2.35. The minimum atomic E-state index is -1.47. The lowest BCUT2D eigenvalue weighted by Crippen LogP contribution is -2.59. The van der Waals surface area contributed by atoms with E-state index in [1.165, 1.54) is 6.92 Å². The van der Waals surface area contributed by atoms with Crippen molar-refractivity contribution in [3.63, 3.8) is 0 Å². The molecule has 0 saturated carbocycles. The number of carbonyl (C=O) groups is 1. The monoisotopic (exact) mass is 342 g/mol. The highest BCUT2D eigenvalue weighted by Gasteiger charge is 2.44.